The number of benzene rings is 3. The van der Waals surface area contributed by atoms with Crippen LogP contribution in [-0.4, -0.2) is 38.8 Å². The van der Waals surface area contributed by atoms with Gasteiger partial charge >= 0.3 is 11.7 Å². The number of imidazole rings is 1. The van der Waals surface area contributed by atoms with E-state index in [2.05, 4.69) is 12.1 Å². The van der Waals surface area contributed by atoms with E-state index in [4.69, 9.17) is 0 Å². The normalized spacial score (nSPS) is 18.5. The van der Waals surface area contributed by atoms with E-state index in [1.165, 1.54) is 10.1 Å². The van der Waals surface area contributed by atoms with E-state index in [0.717, 1.165) is 23.2 Å². The van der Waals surface area contributed by atoms with Gasteiger partial charge in [0.2, 0.25) is 5.88 Å². The highest BCUT2D eigenvalue weighted by Gasteiger charge is 2.44. The van der Waals surface area contributed by atoms with E-state index < -0.39 is 0 Å². The van der Waals surface area contributed by atoms with Crippen molar-refractivity contribution in [1.29, 1.82) is 0 Å². The van der Waals surface area contributed by atoms with Crippen LogP contribution in [0, 0.1) is 0 Å². The summed E-state index contributed by atoms with van der Waals surface area (Å²) in [5.74, 6) is 0.200. The number of nitrogens with zero attached hydrogens (tertiary/aromatic N) is 4. The van der Waals surface area contributed by atoms with E-state index >= 15 is 0 Å². The standard InChI is InChI=1S/C29H28N4O3/c1-30(24-15-9-8-14-22(24)20-10-4-2-5-11-20)28(35)31-16-17-32-26(19-31)27(34)33(29(32)36)25-18-23(25)21-12-6-3-7-13-21/h2-15,23,25,34H,16-19H2,1H3/t23-,25+/m1/s1. The molecule has 2 amide bonds. The number of aromatic hydroxyl groups is 1. The summed E-state index contributed by atoms with van der Waals surface area (Å²) in [7, 11) is 1.77. The van der Waals surface area contributed by atoms with Crippen LogP contribution in [0.5, 0.6) is 5.88 Å². The summed E-state index contributed by atoms with van der Waals surface area (Å²) >= 11 is 0. The predicted molar refractivity (Wildman–Crippen MR) is 139 cm³/mol. The summed E-state index contributed by atoms with van der Waals surface area (Å²) in [6.45, 7) is 0.949. The molecular formula is C29H28N4O3. The average molecular weight is 481 g/mol. The molecule has 3 aromatic carbocycles. The third-order valence-electron chi connectivity index (χ3n) is 7.41. The number of fused-ring (bicyclic) bond motifs is 1. The van der Waals surface area contributed by atoms with Crippen molar-refractivity contribution in [1.82, 2.24) is 14.0 Å². The van der Waals surface area contributed by atoms with Crippen LogP contribution in [0.2, 0.25) is 0 Å². The molecule has 182 valence electrons. The molecule has 0 unspecified atom stereocenters. The van der Waals surface area contributed by atoms with Crippen LogP contribution in [0.25, 0.3) is 11.1 Å². The second-order valence-electron chi connectivity index (χ2n) is 9.54. The van der Waals surface area contributed by atoms with Crippen LogP contribution in [0.15, 0.2) is 89.7 Å². The van der Waals surface area contributed by atoms with Gasteiger partial charge in [-0.2, -0.15) is 0 Å². The molecule has 7 heteroatoms. The summed E-state index contributed by atoms with van der Waals surface area (Å²) in [6.07, 6.45) is 0.822. The highest BCUT2D eigenvalue weighted by molar-refractivity contribution is 5.96. The van der Waals surface area contributed by atoms with Crippen molar-refractivity contribution in [3.8, 4) is 17.0 Å². The third-order valence-corrected chi connectivity index (χ3v) is 7.41. The summed E-state index contributed by atoms with van der Waals surface area (Å²) in [4.78, 5) is 30.1. The van der Waals surface area contributed by atoms with Crippen LogP contribution in [0.4, 0.5) is 10.5 Å². The zero-order valence-electron chi connectivity index (χ0n) is 20.1. The summed E-state index contributed by atoms with van der Waals surface area (Å²) in [5.41, 5.74) is 4.30. The molecule has 2 atom stereocenters. The van der Waals surface area contributed by atoms with Crippen LogP contribution >= 0.6 is 0 Å². The van der Waals surface area contributed by atoms with Gasteiger partial charge in [-0.05, 0) is 23.6 Å². The Balaban J connectivity index is 1.25. The Labute approximate surface area is 209 Å². The van der Waals surface area contributed by atoms with Crippen LogP contribution in [-0.2, 0) is 13.1 Å². The number of anilines is 1. The smallest absolute Gasteiger partial charge is 0.331 e. The molecular weight excluding hydrogens is 452 g/mol. The lowest BCUT2D eigenvalue weighted by molar-refractivity contribution is 0.190. The highest BCUT2D eigenvalue weighted by Crippen LogP contribution is 2.52. The van der Waals surface area contributed by atoms with E-state index in [9.17, 15) is 14.7 Å². The van der Waals surface area contributed by atoms with Gasteiger partial charge in [0.15, 0.2) is 0 Å². The lowest BCUT2D eigenvalue weighted by atomic mass is 10.0. The molecule has 1 aromatic heterocycles. The van der Waals surface area contributed by atoms with Crippen LogP contribution in [0.3, 0.4) is 0 Å². The van der Waals surface area contributed by atoms with Crippen molar-refractivity contribution < 1.29 is 9.90 Å². The van der Waals surface area contributed by atoms with Gasteiger partial charge in [0.25, 0.3) is 0 Å². The SMILES string of the molecule is CN(C(=O)N1CCn2c(c(O)n([C@H]3C[C@@H]3c3ccccc3)c2=O)C1)c1ccccc1-c1ccccc1. The van der Waals surface area contributed by atoms with Crippen molar-refractivity contribution in [3.63, 3.8) is 0 Å². The molecule has 36 heavy (non-hydrogen) atoms. The van der Waals surface area contributed by atoms with E-state index in [1.807, 2.05) is 72.8 Å². The molecule has 0 bridgehead atoms. The van der Waals surface area contributed by atoms with E-state index in [-0.39, 0.29) is 36.1 Å². The Morgan fingerprint density at radius 3 is 2.33 bits per heavy atom. The minimum absolute atomic E-state index is 0.0201. The zero-order chi connectivity index (χ0) is 24.8. The number of aromatic nitrogens is 2. The van der Waals surface area contributed by atoms with Crippen molar-refractivity contribution in [3.05, 3.63) is 107 Å². The maximum Gasteiger partial charge on any atom is 0.331 e. The second-order valence-corrected chi connectivity index (χ2v) is 9.54. The maximum absolute atomic E-state index is 13.6. The van der Waals surface area contributed by atoms with Crippen molar-refractivity contribution >= 4 is 11.7 Å². The molecule has 4 aromatic rings. The number of carbonyl (C=O) groups is 1. The summed E-state index contributed by atoms with van der Waals surface area (Å²) in [6, 6.07) is 27.7. The molecule has 1 aliphatic carbocycles. The lowest BCUT2D eigenvalue weighted by Gasteiger charge is -2.32. The molecule has 1 aliphatic heterocycles. The number of hydrogen-bond donors (Lipinski definition) is 1. The first-order valence-electron chi connectivity index (χ1n) is 12.3. The number of rotatable bonds is 4. The molecule has 7 nitrogen and oxygen atoms in total. The molecule has 0 spiro atoms. The molecule has 2 heterocycles. The molecule has 2 aliphatic rings. The van der Waals surface area contributed by atoms with Crippen LogP contribution in [0.1, 0.15) is 29.6 Å². The second kappa shape index (κ2) is 8.75. The zero-order valence-corrected chi connectivity index (χ0v) is 20.1. The first-order valence-corrected chi connectivity index (χ1v) is 12.3. The van der Waals surface area contributed by atoms with Gasteiger partial charge in [0.05, 0.1) is 12.2 Å². The molecule has 0 radical (unpaired) electrons. The minimum atomic E-state index is -0.194. The third kappa shape index (κ3) is 3.68. The number of amides is 2. The molecule has 0 saturated heterocycles. The number of para-hydroxylation sites is 1. The molecule has 1 fully saturated rings. The fraction of sp³-hybridized carbons (Fsp3) is 0.241. The molecule has 1 saturated carbocycles. The Bertz CT molecular complexity index is 1480. The first kappa shape index (κ1) is 22.2. The Morgan fingerprint density at radius 1 is 0.917 bits per heavy atom. The Morgan fingerprint density at radius 2 is 1.58 bits per heavy atom. The highest BCUT2D eigenvalue weighted by atomic mass is 16.3. The monoisotopic (exact) mass is 480 g/mol. The largest absolute Gasteiger partial charge is 0.493 e. The molecule has 6 rings (SSSR count). The van der Waals surface area contributed by atoms with Gasteiger partial charge < -0.3 is 10.0 Å². The Kier molecular flexibility index (Phi) is 5.40. The molecule has 1 N–H and O–H groups in total. The average Bonchev–Trinajstić information content (AvgIpc) is 3.68. The minimum Gasteiger partial charge on any atom is -0.493 e. The van der Waals surface area contributed by atoms with Crippen LogP contribution < -0.4 is 10.6 Å². The van der Waals surface area contributed by atoms with Crippen molar-refractivity contribution in [2.24, 2.45) is 0 Å². The van der Waals surface area contributed by atoms with Gasteiger partial charge in [-0.25, -0.2) is 9.59 Å². The fourth-order valence-corrected chi connectivity index (χ4v) is 5.39. The summed E-state index contributed by atoms with van der Waals surface area (Å²) in [5, 5.41) is 11.1. The van der Waals surface area contributed by atoms with E-state index in [0.29, 0.717) is 18.8 Å². The van der Waals surface area contributed by atoms with Gasteiger partial charge in [0.1, 0.15) is 5.69 Å². The van der Waals surface area contributed by atoms with Gasteiger partial charge in [-0.15, -0.1) is 0 Å². The van der Waals surface area contributed by atoms with Gasteiger partial charge in [-0.3, -0.25) is 14.0 Å². The quantitative estimate of drug-likeness (QED) is 0.455. The Hall–Kier alpha value is -4.26. The summed E-state index contributed by atoms with van der Waals surface area (Å²) < 4.78 is 3.15. The van der Waals surface area contributed by atoms with Crippen molar-refractivity contribution in [2.45, 2.75) is 31.5 Å². The number of carbonyl (C=O) groups excluding carboxylic acids is 1. The van der Waals surface area contributed by atoms with Gasteiger partial charge in [0, 0.05) is 37.7 Å². The van der Waals surface area contributed by atoms with E-state index in [1.54, 1.807) is 21.4 Å². The predicted octanol–water partition coefficient (Wildman–Crippen LogP) is 4.82. The first-order chi connectivity index (χ1) is 17.5. The number of hydrogen-bond acceptors (Lipinski definition) is 3. The number of urea groups is 1. The maximum atomic E-state index is 13.6. The van der Waals surface area contributed by atoms with Crippen molar-refractivity contribution in [2.75, 3.05) is 18.5 Å². The topological polar surface area (TPSA) is 70.7 Å². The van der Waals surface area contributed by atoms with Gasteiger partial charge in [-0.1, -0.05) is 78.9 Å². The fourth-order valence-electron chi connectivity index (χ4n) is 5.39. The lowest BCUT2D eigenvalue weighted by Crippen LogP contribution is -2.46.